The zero-order chi connectivity index (χ0) is 14.0. The fraction of sp³-hybridized carbons (Fsp3) is 0.938. The summed E-state index contributed by atoms with van der Waals surface area (Å²) in [4.78, 5) is 12.1. The quantitative estimate of drug-likeness (QED) is 0.804. The van der Waals surface area contributed by atoms with Gasteiger partial charge in [-0.15, -0.1) is 0 Å². The molecule has 18 heavy (non-hydrogen) atoms. The van der Waals surface area contributed by atoms with E-state index in [1.54, 1.807) is 0 Å². The molecule has 106 valence electrons. The van der Waals surface area contributed by atoms with E-state index in [9.17, 15) is 4.79 Å². The standard InChI is InChI=1S/C16H31NO/c1-7-15(4,5)13-10-12(18)11-14(17-13)16(6,8-2)9-3/h13-14,17H,7-11H2,1-6H3. The Morgan fingerprint density at radius 3 is 1.94 bits per heavy atom. The Bertz CT molecular complexity index is 291. The van der Waals surface area contributed by atoms with Crippen LogP contribution in [-0.4, -0.2) is 17.9 Å². The van der Waals surface area contributed by atoms with E-state index in [0.717, 1.165) is 19.3 Å². The molecule has 1 rings (SSSR count). The summed E-state index contributed by atoms with van der Waals surface area (Å²) in [6.45, 7) is 13.6. The fourth-order valence-electron chi connectivity index (χ4n) is 2.84. The van der Waals surface area contributed by atoms with Crippen molar-refractivity contribution in [1.29, 1.82) is 0 Å². The summed E-state index contributed by atoms with van der Waals surface area (Å²) in [5, 5.41) is 3.80. The first-order valence-corrected chi connectivity index (χ1v) is 7.56. The van der Waals surface area contributed by atoms with Gasteiger partial charge >= 0.3 is 0 Å². The van der Waals surface area contributed by atoms with Crippen molar-refractivity contribution < 1.29 is 4.79 Å². The van der Waals surface area contributed by atoms with Gasteiger partial charge in [0, 0.05) is 24.9 Å². The number of carbonyl (C=O) groups is 1. The predicted octanol–water partition coefficient (Wildman–Crippen LogP) is 3.94. The summed E-state index contributed by atoms with van der Waals surface area (Å²) in [5.41, 5.74) is 0.453. The van der Waals surface area contributed by atoms with Crippen molar-refractivity contribution in [1.82, 2.24) is 5.32 Å². The van der Waals surface area contributed by atoms with Crippen LogP contribution in [0.5, 0.6) is 0 Å². The largest absolute Gasteiger partial charge is 0.309 e. The molecule has 1 fully saturated rings. The number of piperidine rings is 1. The van der Waals surface area contributed by atoms with Crippen LogP contribution in [0.4, 0.5) is 0 Å². The highest BCUT2D eigenvalue weighted by atomic mass is 16.1. The molecule has 1 heterocycles. The van der Waals surface area contributed by atoms with Gasteiger partial charge in [0.15, 0.2) is 0 Å². The van der Waals surface area contributed by atoms with E-state index in [4.69, 9.17) is 0 Å². The van der Waals surface area contributed by atoms with Crippen LogP contribution in [0.25, 0.3) is 0 Å². The summed E-state index contributed by atoms with van der Waals surface area (Å²) in [6, 6.07) is 0.691. The Balaban J connectivity index is 2.88. The monoisotopic (exact) mass is 253 g/mol. The number of Topliss-reactive ketones (excluding diaryl/α,β-unsaturated/α-hetero) is 1. The molecule has 1 saturated heterocycles. The van der Waals surface area contributed by atoms with Crippen LogP contribution in [0, 0.1) is 10.8 Å². The van der Waals surface area contributed by atoms with Gasteiger partial charge in [-0.1, -0.05) is 41.5 Å². The molecule has 0 bridgehead atoms. The van der Waals surface area contributed by atoms with Crippen LogP contribution in [0.3, 0.4) is 0 Å². The molecule has 2 atom stereocenters. The van der Waals surface area contributed by atoms with Gasteiger partial charge in [-0.05, 0) is 30.1 Å². The summed E-state index contributed by atoms with van der Waals surface area (Å²) in [7, 11) is 0. The number of carbonyl (C=O) groups excluding carboxylic acids is 1. The first kappa shape index (κ1) is 15.7. The predicted molar refractivity (Wildman–Crippen MR) is 77.7 cm³/mol. The lowest BCUT2D eigenvalue weighted by atomic mass is 9.69. The molecule has 0 aromatic carbocycles. The van der Waals surface area contributed by atoms with Gasteiger partial charge in [-0.25, -0.2) is 0 Å². The molecule has 2 heteroatoms. The second-order valence-corrected chi connectivity index (χ2v) is 6.92. The normalized spacial score (nSPS) is 26.4. The summed E-state index contributed by atoms with van der Waals surface area (Å²) in [5.74, 6) is 0.443. The molecule has 2 unspecified atom stereocenters. The minimum absolute atomic E-state index is 0.205. The van der Waals surface area contributed by atoms with E-state index in [-0.39, 0.29) is 10.8 Å². The van der Waals surface area contributed by atoms with E-state index in [0.29, 0.717) is 30.7 Å². The summed E-state index contributed by atoms with van der Waals surface area (Å²) >= 11 is 0. The van der Waals surface area contributed by atoms with Crippen molar-refractivity contribution in [3.8, 4) is 0 Å². The molecule has 0 aromatic rings. The van der Waals surface area contributed by atoms with Gasteiger partial charge in [0.25, 0.3) is 0 Å². The van der Waals surface area contributed by atoms with Crippen LogP contribution in [0.2, 0.25) is 0 Å². The zero-order valence-electron chi connectivity index (χ0n) is 13.1. The molecule has 0 aromatic heterocycles. The van der Waals surface area contributed by atoms with Crippen molar-refractivity contribution in [2.75, 3.05) is 0 Å². The second kappa shape index (κ2) is 5.73. The molecular weight excluding hydrogens is 222 g/mol. The van der Waals surface area contributed by atoms with Gasteiger partial charge in [0.05, 0.1) is 0 Å². The first-order chi connectivity index (χ1) is 8.29. The second-order valence-electron chi connectivity index (χ2n) is 6.92. The molecule has 1 aliphatic rings. The maximum atomic E-state index is 12.1. The number of hydrogen-bond acceptors (Lipinski definition) is 2. The van der Waals surface area contributed by atoms with E-state index in [1.807, 2.05) is 0 Å². The van der Waals surface area contributed by atoms with E-state index in [1.165, 1.54) is 0 Å². The Morgan fingerprint density at radius 1 is 1.00 bits per heavy atom. The Morgan fingerprint density at radius 2 is 1.50 bits per heavy atom. The molecule has 0 radical (unpaired) electrons. The summed E-state index contributed by atoms with van der Waals surface area (Å²) < 4.78 is 0. The molecule has 2 nitrogen and oxygen atoms in total. The van der Waals surface area contributed by atoms with Crippen molar-refractivity contribution >= 4 is 5.78 Å². The van der Waals surface area contributed by atoms with Crippen molar-refractivity contribution in [2.24, 2.45) is 10.8 Å². The number of rotatable bonds is 5. The zero-order valence-corrected chi connectivity index (χ0v) is 13.1. The van der Waals surface area contributed by atoms with Gasteiger partial charge in [0.2, 0.25) is 0 Å². The lowest BCUT2D eigenvalue weighted by Crippen LogP contribution is -2.57. The van der Waals surface area contributed by atoms with E-state index < -0.39 is 0 Å². The van der Waals surface area contributed by atoms with Gasteiger partial charge in [-0.2, -0.15) is 0 Å². The molecular formula is C16H31NO. The van der Waals surface area contributed by atoms with E-state index >= 15 is 0 Å². The van der Waals surface area contributed by atoms with Crippen LogP contribution in [0.1, 0.15) is 73.6 Å². The number of ketones is 1. The highest BCUT2D eigenvalue weighted by molar-refractivity contribution is 5.80. The topological polar surface area (TPSA) is 29.1 Å². The Kier molecular flexibility index (Phi) is 4.99. The Labute approximate surface area is 113 Å². The maximum absolute atomic E-state index is 12.1. The van der Waals surface area contributed by atoms with Crippen LogP contribution in [-0.2, 0) is 4.79 Å². The highest BCUT2D eigenvalue weighted by Crippen LogP contribution is 2.38. The minimum Gasteiger partial charge on any atom is -0.309 e. The first-order valence-electron chi connectivity index (χ1n) is 7.56. The molecule has 0 aliphatic carbocycles. The lowest BCUT2D eigenvalue weighted by Gasteiger charge is -2.46. The third-order valence-electron chi connectivity index (χ3n) is 5.58. The van der Waals surface area contributed by atoms with Crippen LogP contribution in [0.15, 0.2) is 0 Å². The van der Waals surface area contributed by atoms with Crippen molar-refractivity contribution in [3.63, 3.8) is 0 Å². The van der Waals surface area contributed by atoms with Gasteiger partial charge in [0.1, 0.15) is 5.78 Å². The molecule has 0 amide bonds. The number of hydrogen-bond donors (Lipinski definition) is 1. The van der Waals surface area contributed by atoms with Crippen molar-refractivity contribution in [3.05, 3.63) is 0 Å². The fourth-order valence-corrected chi connectivity index (χ4v) is 2.84. The average Bonchev–Trinajstić information content (AvgIpc) is 2.37. The lowest BCUT2D eigenvalue weighted by molar-refractivity contribution is -0.124. The van der Waals surface area contributed by atoms with Crippen molar-refractivity contribution in [2.45, 2.75) is 85.7 Å². The van der Waals surface area contributed by atoms with E-state index in [2.05, 4.69) is 46.9 Å². The highest BCUT2D eigenvalue weighted by Gasteiger charge is 2.41. The summed E-state index contributed by atoms with van der Waals surface area (Å²) in [6.07, 6.45) is 4.80. The smallest absolute Gasteiger partial charge is 0.136 e. The maximum Gasteiger partial charge on any atom is 0.136 e. The van der Waals surface area contributed by atoms with Crippen LogP contribution < -0.4 is 5.32 Å². The van der Waals surface area contributed by atoms with Gasteiger partial charge < -0.3 is 5.32 Å². The third-order valence-corrected chi connectivity index (χ3v) is 5.58. The Hall–Kier alpha value is -0.370. The van der Waals surface area contributed by atoms with Gasteiger partial charge in [-0.3, -0.25) is 4.79 Å². The molecule has 1 aliphatic heterocycles. The number of nitrogens with one attached hydrogen (secondary N) is 1. The average molecular weight is 253 g/mol. The molecule has 1 N–H and O–H groups in total. The third kappa shape index (κ3) is 3.14. The molecule has 0 spiro atoms. The van der Waals surface area contributed by atoms with Crippen LogP contribution >= 0.6 is 0 Å². The SMILES string of the molecule is CCC(C)(C)C1CC(=O)CC(C(C)(CC)CC)N1. The molecule has 0 saturated carbocycles. The minimum atomic E-state index is 0.205.